The van der Waals surface area contributed by atoms with Gasteiger partial charge in [0, 0.05) is 16.9 Å². The lowest BCUT2D eigenvalue weighted by molar-refractivity contribution is 0.102. The number of nitrogens with one attached hydrogen (secondary N) is 1. The quantitative estimate of drug-likeness (QED) is 0.792. The van der Waals surface area contributed by atoms with Crippen LogP contribution >= 0.6 is 0 Å². The minimum absolute atomic E-state index is 0.123. The Bertz CT molecular complexity index is 591. The molecule has 92 valence electrons. The Morgan fingerprint density at radius 1 is 1.11 bits per heavy atom. The molecular formula is C15H16N2O. The van der Waals surface area contributed by atoms with Crippen molar-refractivity contribution < 1.29 is 4.79 Å². The molecule has 0 heterocycles. The van der Waals surface area contributed by atoms with Gasteiger partial charge in [0.15, 0.2) is 0 Å². The summed E-state index contributed by atoms with van der Waals surface area (Å²) in [4.78, 5) is 12.0. The number of aryl methyl sites for hydroxylation is 2. The topological polar surface area (TPSA) is 55.1 Å². The van der Waals surface area contributed by atoms with Crippen LogP contribution in [0.3, 0.4) is 0 Å². The average molecular weight is 240 g/mol. The normalized spacial score (nSPS) is 10.1. The van der Waals surface area contributed by atoms with Gasteiger partial charge in [-0.25, -0.2) is 0 Å². The molecule has 0 bridgehead atoms. The van der Waals surface area contributed by atoms with Gasteiger partial charge in [0.1, 0.15) is 0 Å². The lowest BCUT2D eigenvalue weighted by atomic mass is 10.1. The van der Waals surface area contributed by atoms with Crippen molar-refractivity contribution in [1.29, 1.82) is 0 Å². The fourth-order valence-electron chi connectivity index (χ4n) is 1.71. The van der Waals surface area contributed by atoms with Crippen LogP contribution in [0.4, 0.5) is 11.4 Å². The highest BCUT2D eigenvalue weighted by Gasteiger charge is 2.06. The molecule has 2 aromatic rings. The predicted octanol–water partition coefficient (Wildman–Crippen LogP) is 3.14. The molecule has 2 aromatic carbocycles. The molecule has 1 amide bonds. The second-order valence-corrected chi connectivity index (χ2v) is 4.39. The Kier molecular flexibility index (Phi) is 3.33. The van der Waals surface area contributed by atoms with Gasteiger partial charge in [-0.15, -0.1) is 0 Å². The van der Waals surface area contributed by atoms with E-state index in [0.29, 0.717) is 16.9 Å². The zero-order valence-electron chi connectivity index (χ0n) is 10.5. The number of carbonyl (C=O) groups is 1. The molecule has 0 radical (unpaired) electrons. The first-order valence-electron chi connectivity index (χ1n) is 5.80. The molecule has 3 nitrogen and oxygen atoms in total. The largest absolute Gasteiger partial charge is 0.398 e. The monoisotopic (exact) mass is 240 g/mol. The van der Waals surface area contributed by atoms with Crippen LogP contribution in [0.5, 0.6) is 0 Å². The van der Waals surface area contributed by atoms with Gasteiger partial charge in [0.05, 0.1) is 0 Å². The first-order chi connectivity index (χ1) is 8.56. The molecule has 18 heavy (non-hydrogen) atoms. The van der Waals surface area contributed by atoms with E-state index in [-0.39, 0.29) is 5.91 Å². The van der Waals surface area contributed by atoms with E-state index in [1.165, 1.54) is 0 Å². The number of hydrogen-bond acceptors (Lipinski definition) is 2. The summed E-state index contributed by atoms with van der Waals surface area (Å²) in [5.74, 6) is -0.123. The maximum Gasteiger partial charge on any atom is 0.255 e. The summed E-state index contributed by atoms with van der Waals surface area (Å²) in [6, 6.07) is 13.0. The van der Waals surface area contributed by atoms with E-state index in [0.717, 1.165) is 11.1 Å². The van der Waals surface area contributed by atoms with E-state index >= 15 is 0 Å². The van der Waals surface area contributed by atoms with Gasteiger partial charge >= 0.3 is 0 Å². The summed E-state index contributed by atoms with van der Waals surface area (Å²) < 4.78 is 0. The lowest BCUT2D eigenvalue weighted by Crippen LogP contribution is -2.12. The van der Waals surface area contributed by atoms with E-state index in [1.54, 1.807) is 12.1 Å². The van der Waals surface area contributed by atoms with E-state index in [9.17, 15) is 4.79 Å². The summed E-state index contributed by atoms with van der Waals surface area (Å²) in [5, 5.41) is 2.83. The fraction of sp³-hybridized carbons (Fsp3) is 0.133. The maximum absolute atomic E-state index is 12.0. The molecule has 3 N–H and O–H groups in total. The second-order valence-electron chi connectivity index (χ2n) is 4.39. The number of carbonyl (C=O) groups excluding carboxylic acids is 1. The summed E-state index contributed by atoms with van der Waals surface area (Å²) in [7, 11) is 0. The third-order valence-corrected chi connectivity index (χ3v) is 2.82. The molecule has 0 spiro atoms. The Labute approximate surface area is 107 Å². The van der Waals surface area contributed by atoms with Crippen molar-refractivity contribution in [2.24, 2.45) is 0 Å². The molecule has 3 heteroatoms. The number of hydrogen-bond donors (Lipinski definition) is 2. The van der Waals surface area contributed by atoms with Crippen molar-refractivity contribution in [3.8, 4) is 0 Å². The summed E-state index contributed by atoms with van der Waals surface area (Å²) >= 11 is 0. The Morgan fingerprint density at radius 2 is 1.89 bits per heavy atom. The Morgan fingerprint density at radius 3 is 2.56 bits per heavy atom. The highest BCUT2D eigenvalue weighted by atomic mass is 16.1. The number of anilines is 2. The van der Waals surface area contributed by atoms with Crippen LogP contribution in [0.2, 0.25) is 0 Å². The predicted molar refractivity (Wildman–Crippen MR) is 74.7 cm³/mol. The van der Waals surface area contributed by atoms with Crippen molar-refractivity contribution in [2.75, 3.05) is 11.1 Å². The number of amides is 1. The molecule has 0 fully saturated rings. The zero-order chi connectivity index (χ0) is 13.1. The van der Waals surface area contributed by atoms with Gasteiger partial charge in [0.2, 0.25) is 0 Å². The van der Waals surface area contributed by atoms with Crippen molar-refractivity contribution >= 4 is 17.3 Å². The van der Waals surface area contributed by atoms with Crippen LogP contribution in [-0.2, 0) is 0 Å². The van der Waals surface area contributed by atoms with Gasteiger partial charge < -0.3 is 11.1 Å². The minimum Gasteiger partial charge on any atom is -0.398 e. The van der Waals surface area contributed by atoms with Crippen LogP contribution in [-0.4, -0.2) is 5.91 Å². The standard InChI is InChI=1S/C15H16N2O/c1-10-4-3-5-12(8-10)15(18)17-13-7-6-11(2)14(16)9-13/h3-9H,16H2,1-2H3,(H,17,18). The zero-order valence-corrected chi connectivity index (χ0v) is 10.5. The molecule has 0 aliphatic carbocycles. The van der Waals surface area contributed by atoms with E-state index in [4.69, 9.17) is 5.73 Å². The van der Waals surface area contributed by atoms with Crippen LogP contribution in [0.25, 0.3) is 0 Å². The molecule has 0 atom stereocenters. The molecular weight excluding hydrogens is 224 g/mol. The Hall–Kier alpha value is -2.29. The minimum atomic E-state index is -0.123. The molecule has 0 aliphatic rings. The average Bonchev–Trinajstić information content (AvgIpc) is 2.34. The van der Waals surface area contributed by atoms with Crippen molar-refractivity contribution in [3.05, 3.63) is 59.2 Å². The summed E-state index contributed by atoms with van der Waals surface area (Å²) in [6.45, 7) is 3.89. The third-order valence-electron chi connectivity index (χ3n) is 2.82. The first kappa shape index (κ1) is 12.2. The third kappa shape index (κ3) is 2.69. The highest BCUT2D eigenvalue weighted by Crippen LogP contribution is 2.17. The lowest BCUT2D eigenvalue weighted by Gasteiger charge is -2.08. The smallest absolute Gasteiger partial charge is 0.255 e. The summed E-state index contributed by atoms with van der Waals surface area (Å²) in [5.41, 5.74) is 9.91. The number of rotatable bonds is 2. The van der Waals surface area contributed by atoms with Gasteiger partial charge in [-0.2, -0.15) is 0 Å². The molecule has 0 aliphatic heterocycles. The first-order valence-corrected chi connectivity index (χ1v) is 5.80. The van der Waals surface area contributed by atoms with Crippen molar-refractivity contribution in [3.63, 3.8) is 0 Å². The SMILES string of the molecule is Cc1cccc(C(=O)Nc2ccc(C)c(N)c2)c1. The second kappa shape index (κ2) is 4.92. The van der Waals surface area contributed by atoms with Gasteiger partial charge in [-0.3, -0.25) is 4.79 Å². The van der Waals surface area contributed by atoms with E-state index in [1.807, 2.05) is 44.2 Å². The van der Waals surface area contributed by atoms with Crippen LogP contribution in [0, 0.1) is 13.8 Å². The molecule has 0 unspecified atom stereocenters. The van der Waals surface area contributed by atoms with Gasteiger partial charge in [0.25, 0.3) is 5.91 Å². The maximum atomic E-state index is 12.0. The Balaban J connectivity index is 2.18. The molecule has 0 aromatic heterocycles. The molecule has 0 saturated carbocycles. The number of benzene rings is 2. The van der Waals surface area contributed by atoms with Crippen molar-refractivity contribution in [2.45, 2.75) is 13.8 Å². The van der Waals surface area contributed by atoms with E-state index in [2.05, 4.69) is 5.32 Å². The number of nitrogen functional groups attached to an aromatic ring is 1. The van der Waals surface area contributed by atoms with Crippen LogP contribution in [0.15, 0.2) is 42.5 Å². The number of nitrogens with two attached hydrogens (primary N) is 1. The van der Waals surface area contributed by atoms with Gasteiger partial charge in [-0.1, -0.05) is 23.8 Å². The van der Waals surface area contributed by atoms with Crippen molar-refractivity contribution in [1.82, 2.24) is 0 Å². The molecule has 0 saturated heterocycles. The summed E-state index contributed by atoms with van der Waals surface area (Å²) in [6.07, 6.45) is 0. The van der Waals surface area contributed by atoms with Gasteiger partial charge in [-0.05, 0) is 43.7 Å². The van der Waals surface area contributed by atoms with E-state index < -0.39 is 0 Å². The highest BCUT2D eigenvalue weighted by molar-refractivity contribution is 6.04. The fourth-order valence-corrected chi connectivity index (χ4v) is 1.71. The van der Waals surface area contributed by atoms with Crippen LogP contribution < -0.4 is 11.1 Å². The van der Waals surface area contributed by atoms with Crippen LogP contribution in [0.1, 0.15) is 21.5 Å². The molecule has 2 rings (SSSR count).